The Morgan fingerprint density at radius 1 is 1.21 bits per heavy atom. The zero-order valence-corrected chi connectivity index (χ0v) is 11.0. The molecule has 1 aromatic heterocycles. The van der Waals surface area contributed by atoms with Crippen molar-refractivity contribution in [3.63, 3.8) is 0 Å². The zero-order chi connectivity index (χ0) is 13.7. The number of hydrogen-bond donors (Lipinski definition) is 1. The van der Waals surface area contributed by atoms with Gasteiger partial charge in [0.25, 0.3) is 5.56 Å². The highest BCUT2D eigenvalue weighted by Crippen LogP contribution is 2.13. The molecule has 0 aliphatic heterocycles. The summed E-state index contributed by atoms with van der Waals surface area (Å²) < 4.78 is 7.29. The van der Waals surface area contributed by atoms with Crippen molar-refractivity contribution in [3.8, 4) is 5.75 Å². The molecule has 0 bridgehead atoms. The minimum atomic E-state index is 0.0648. The first-order valence-corrected chi connectivity index (χ1v) is 6.31. The fourth-order valence-corrected chi connectivity index (χ4v) is 1.82. The molecule has 100 valence electrons. The van der Waals surface area contributed by atoms with Gasteiger partial charge in [-0.3, -0.25) is 4.79 Å². The first-order valence-electron chi connectivity index (χ1n) is 6.31. The van der Waals surface area contributed by atoms with Gasteiger partial charge in [-0.25, -0.2) is 0 Å². The number of aromatic nitrogens is 1. The maximum Gasteiger partial charge on any atom is 0.253 e. The molecule has 0 unspecified atom stereocenters. The van der Waals surface area contributed by atoms with Crippen LogP contribution in [0.1, 0.15) is 12.0 Å². The van der Waals surface area contributed by atoms with E-state index in [2.05, 4.69) is 0 Å². The third-order valence-electron chi connectivity index (χ3n) is 2.90. The van der Waals surface area contributed by atoms with Gasteiger partial charge >= 0.3 is 0 Å². The molecule has 4 heteroatoms. The molecule has 0 atom stereocenters. The lowest BCUT2D eigenvalue weighted by Gasteiger charge is -2.08. The highest BCUT2D eigenvalue weighted by atomic mass is 16.5. The topological polar surface area (TPSA) is 57.2 Å². The van der Waals surface area contributed by atoms with Gasteiger partial charge < -0.3 is 15.0 Å². The largest absolute Gasteiger partial charge is 0.494 e. The molecule has 4 nitrogen and oxygen atoms in total. The molecule has 2 aromatic rings. The quantitative estimate of drug-likeness (QED) is 0.660. The molecule has 0 aliphatic carbocycles. The van der Waals surface area contributed by atoms with Crippen LogP contribution < -0.4 is 16.0 Å². The number of nitrogen functional groups attached to an aromatic ring is 1. The predicted molar refractivity (Wildman–Crippen MR) is 76.4 cm³/mol. The van der Waals surface area contributed by atoms with Gasteiger partial charge in [-0.1, -0.05) is 6.07 Å². The summed E-state index contributed by atoms with van der Waals surface area (Å²) in [6, 6.07) is 11.0. The van der Waals surface area contributed by atoms with Gasteiger partial charge in [-0.2, -0.15) is 0 Å². The van der Waals surface area contributed by atoms with E-state index in [0.29, 0.717) is 13.2 Å². The van der Waals surface area contributed by atoms with E-state index in [9.17, 15) is 4.79 Å². The van der Waals surface area contributed by atoms with Crippen LogP contribution in [0.15, 0.2) is 47.4 Å². The van der Waals surface area contributed by atoms with Crippen molar-refractivity contribution >= 4 is 5.69 Å². The molecule has 0 radical (unpaired) electrons. The third-order valence-corrected chi connectivity index (χ3v) is 2.90. The molecule has 2 rings (SSSR count). The first kappa shape index (κ1) is 13.2. The van der Waals surface area contributed by atoms with Gasteiger partial charge in [0, 0.05) is 24.0 Å². The van der Waals surface area contributed by atoms with Crippen LogP contribution >= 0.6 is 0 Å². The number of nitrogens with two attached hydrogens (primary N) is 1. The molecule has 19 heavy (non-hydrogen) atoms. The van der Waals surface area contributed by atoms with Gasteiger partial charge in [0.2, 0.25) is 0 Å². The normalized spacial score (nSPS) is 10.4. The van der Waals surface area contributed by atoms with Gasteiger partial charge in [0.1, 0.15) is 5.75 Å². The Morgan fingerprint density at radius 2 is 1.95 bits per heavy atom. The molecular weight excluding hydrogens is 240 g/mol. The minimum Gasteiger partial charge on any atom is -0.494 e. The van der Waals surface area contributed by atoms with Crippen molar-refractivity contribution in [3.05, 3.63) is 58.5 Å². The average molecular weight is 258 g/mol. The number of hydrogen-bond acceptors (Lipinski definition) is 3. The zero-order valence-electron chi connectivity index (χ0n) is 11.0. The van der Waals surface area contributed by atoms with Crippen LogP contribution in [0.2, 0.25) is 0 Å². The fraction of sp³-hybridized carbons (Fsp3) is 0.267. The standard InChI is InChI=1S/C15H18N2O2/c1-12-4-2-9-17(15(12)18)10-3-11-19-14-7-5-13(16)6-8-14/h2,4-9H,3,10-11,16H2,1H3. The van der Waals surface area contributed by atoms with Gasteiger partial charge in [0.05, 0.1) is 6.61 Å². The van der Waals surface area contributed by atoms with E-state index in [1.165, 1.54) is 0 Å². The second-order valence-corrected chi connectivity index (χ2v) is 4.46. The fourth-order valence-electron chi connectivity index (χ4n) is 1.82. The second-order valence-electron chi connectivity index (χ2n) is 4.46. The average Bonchev–Trinajstić information content (AvgIpc) is 2.41. The highest BCUT2D eigenvalue weighted by molar-refractivity contribution is 5.41. The highest BCUT2D eigenvalue weighted by Gasteiger charge is 1.99. The Hall–Kier alpha value is -2.23. The SMILES string of the molecule is Cc1cccn(CCCOc2ccc(N)cc2)c1=O. The van der Waals surface area contributed by atoms with Crippen LogP contribution in [0.3, 0.4) is 0 Å². The lowest BCUT2D eigenvalue weighted by molar-refractivity contribution is 0.301. The number of aryl methyl sites for hydroxylation is 2. The number of benzene rings is 1. The number of anilines is 1. The van der Waals surface area contributed by atoms with Crippen molar-refractivity contribution in [2.45, 2.75) is 19.9 Å². The van der Waals surface area contributed by atoms with E-state index >= 15 is 0 Å². The Morgan fingerprint density at radius 3 is 2.68 bits per heavy atom. The number of ether oxygens (including phenoxy) is 1. The summed E-state index contributed by atoms with van der Waals surface area (Å²) in [5.74, 6) is 0.797. The summed E-state index contributed by atoms with van der Waals surface area (Å²) in [4.78, 5) is 11.8. The predicted octanol–water partition coefficient (Wildman–Crippen LogP) is 2.21. The van der Waals surface area contributed by atoms with Crippen LogP contribution in [0.25, 0.3) is 0 Å². The van der Waals surface area contributed by atoms with E-state index in [1.807, 2.05) is 31.2 Å². The third kappa shape index (κ3) is 3.61. The lowest BCUT2D eigenvalue weighted by Crippen LogP contribution is -2.22. The smallest absolute Gasteiger partial charge is 0.253 e. The Bertz CT molecular complexity index is 588. The van der Waals surface area contributed by atoms with Gasteiger partial charge in [-0.15, -0.1) is 0 Å². The minimum absolute atomic E-state index is 0.0648. The summed E-state index contributed by atoms with van der Waals surface area (Å²) in [5, 5.41) is 0. The van der Waals surface area contributed by atoms with Crippen molar-refractivity contribution in [2.24, 2.45) is 0 Å². The van der Waals surface area contributed by atoms with E-state index in [4.69, 9.17) is 10.5 Å². The molecule has 0 saturated heterocycles. The van der Waals surface area contributed by atoms with Gasteiger partial charge in [-0.05, 0) is 43.7 Å². The number of nitrogens with zero attached hydrogens (tertiary/aromatic N) is 1. The molecule has 2 N–H and O–H groups in total. The molecular formula is C15H18N2O2. The molecule has 1 heterocycles. The van der Waals surface area contributed by atoms with Crippen molar-refractivity contribution in [2.75, 3.05) is 12.3 Å². The molecule has 1 aromatic carbocycles. The van der Waals surface area contributed by atoms with E-state index in [1.54, 1.807) is 22.9 Å². The van der Waals surface area contributed by atoms with Crippen LogP contribution in [-0.2, 0) is 6.54 Å². The molecule has 0 fully saturated rings. The van der Waals surface area contributed by atoms with Crippen molar-refractivity contribution in [1.82, 2.24) is 4.57 Å². The van der Waals surface area contributed by atoms with E-state index in [-0.39, 0.29) is 5.56 Å². The first-order chi connectivity index (χ1) is 9.16. The molecule has 0 aliphatic rings. The summed E-state index contributed by atoms with van der Waals surface area (Å²) in [6.45, 7) is 3.06. The Balaban J connectivity index is 1.82. The van der Waals surface area contributed by atoms with Crippen LogP contribution in [0.4, 0.5) is 5.69 Å². The van der Waals surface area contributed by atoms with Gasteiger partial charge in [0.15, 0.2) is 0 Å². The van der Waals surface area contributed by atoms with Crippen molar-refractivity contribution < 1.29 is 4.74 Å². The van der Waals surface area contributed by atoms with E-state index < -0.39 is 0 Å². The van der Waals surface area contributed by atoms with E-state index in [0.717, 1.165) is 23.4 Å². The number of rotatable bonds is 5. The summed E-state index contributed by atoms with van der Waals surface area (Å²) in [7, 11) is 0. The summed E-state index contributed by atoms with van der Waals surface area (Å²) >= 11 is 0. The second kappa shape index (κ2) is 6.09. The lowest BCUT2D eigenvalue weighted by atomic mass is 10.3. The van der Waals surface area contributed by atoms with Crippen LogP contribution in [0.5, 0.6) is 5.75 Å². The number of pyridine rings is 1. The van der Waals surface area contributed by atoms with Crippen LogP contribution in [-0.4, -0.2) is 11.2 Å². The maximum atomic E-state index is 11.8. The molecule has 0 saturated carbocycles. The Labute approximate surface area is 112 Å². The summed E-state index contributed by atoms with van der Waals surface area (Å²) in [6.07, 6.45) is 2.59. The summed E-state index contributed by atoms with van der Waals surface area (Å²) in [5.41, 5.74) is 7.15. The monoisotopic (exact) mass is 258 g/mol. The molecule has 0 amide bonds. The molecule has 0 spiro atoms. The van der Waals surface area contributed by atoms with Crippen LogP contribution in [0, 0.1) is 6.92 Å². The van der Waals surface area contributed by atoms with Crippen molar-refractivity contribution in [1.29, 1.82) is 0 Å². The maximum absolute atomic E-state index is 11.8. The Kier molecular flexibility index (Phi) is 4.23.